The highest BCUT2D eigenvalue weighted by Crippen LogP contribution is 2.27. The molecule has 138 valence electrons. The van der Waals surface area contributed by atoms with Gasteiger partial charge in [-0.3, -0.25) is 0 Å². The zero-order valence-electron chi connectivity index (χ0n) is 15.0. The Hall–Kier alpha value is -4.06. The highest BCUT2D eigenvalue weighted by atomic mass is 16.5. The van der Waals surface area contributed by atoms with Crippen molar-refractivity contribution in [1.82, 2.24) is 9.97 Å². The van der Waals surface area contributed by atoms with Gasteiger partial charge in [0.1, 0.15) is 23.6 Å². The summed E-state index contributed by atoms with van der Waals surface area (Å²) in [6.07, 6.45) is 1.51. The van der Waals surface area contributed by atoms with Crippen LogP contribution in [0, 0.1) is 0 Å². The van der Waals surface area contributed by atoms with E-state index in [1.807, 2.05) is 66.7 Å². The third-order valence-corrected chi connectivity index (χ3v) is 4.16. The van der Waals surface area contributed by atoms with E-state index in [-0.39, 0.29) is 0 Å². The lowest BCUT2D eigenvalue weighted by Crippen LogP contribution is -1.97. The third-order valence-electron chi connectivity index (χ3n) is 4.16. The second-order valence-electron chi connectivity index (χ2n) is 6.20. The zero-order valence-corrected chi connectivity index (χ0v) is 15.0. The summed E-state index contributed by atoms with van der Waals surface area (Å²) in [5.74, 6) is 2.24. The van der Waals surface area contributed by atoms with Gasteiger partial charge >= 0.3 is 0 Å². The standard InChI is InChI=1S/C22H19N5O/c23-19-11-6-15(12-20(19)24)21-13-22(26-14-25-21)27-16-7-9-18(10-8-16)28-17-4-2-1-3-5-17/h1-14H,23-24H2,(H,25,26,27). The SMILES string of the molecule is Nc1ccc(-c2cc(Nc3ccc(Oc4ccccc4)cc3)ncn2)cc1N. The monoisotopic (exact) mass is 369 g/mol. The van der Waals surface area contributed by atoms with Crippen molar-refractivity contribution in [2.75, 3.05) is 16.8 Å². The van der Waals surface area contributed by atoms with E-state index in [0.717, 1.165) is 28.4 Å². The molecule has 6 nitrogen and oxygen atoms in total. The maximum absolute atomic E-state index is 5.89. The van der Waals surface area contributed by atoms with E-state index in [1.165, 1.54) is 6.33 Å². The number of nitrogens with zero attached hydrogens (tertiary/aromatic N) is 2. The Morgan fingerprint density at radius 1 is 0.714 bits per heavy atom. The number of hydrogen-bond donors (Lipinski definition) is 3. The van der Waals surface area contributed by atoms with E-state index in [0.29, 0.717) is 17.2 Å². The number of aromatic nitrogens is 2. The van der Waals surface area contributed by atoms with Crippen LogP contribution in [0.1, 0.15) is 0 Å². The minimum absolute atomic E-state index is 0.527. The molecular weight excluding hydrogens is 350 g/mol. The molecule has 0 amide bonds. The van der Waals surface area contributed by atoms with Gasteiger partial charge in [0.2, 0.25) is 0 Å². The summed E-state index contributed by atoms with van der Waals surface area (Å²) in [5.41, 5.74) is 15.3. The summed E-state index contributed by atoms with van der Waals surface area (Å²) >= 11 is 0. The molecule has 0 atom stereocenters. The maximum Gasteiger partial charge on any atom is 0.134 e. The lowest BCUT2D eigenvalue weighted by Gasteiger charge is -2.09. The molecule has 0 unspecified atom stereocenters. The molecule has 0 bridgehead atoms. The molecule has 3 aromatic carbocycles. The highest BCUT2D eigenvalue weighted by Gasteiger charge is 2.05. The second kappa shape index (κ2) is 7.67. The molecule has 0 spiro atoms. The van der Waals surface area contributed by atoms with Gasteiger partial charge < -0.3 is 21.5 Å². The lowest BCUT2D eigenvalue weighted by atomic mass is 10.1. The molecule has 1 heterocycles. The van der Waals surface area contributed by atoms with Gasteiger partial charge in [-0.2, -0.15) is 0 Å². The van der Waals surface area contributed by atoms with E-state index < -0.39 is 0 Å². The van der Waals surface area contributed by atoms with Crippen molar-refractivity contribution < 1.29 is 4.74 Å². The molecule has 0 aliphatic rings. The number of benzene rings is 3. The quantitative estimate of drug-likeness (QED) is 0.435. The predicted octanol–water partition coefficient (Wildman–Crippen LogP) is 4.84. The van der Waals surface area contributed by atoms with Gasteiger partial charge in [0.25, 0.3) is 0 Å². The number of anilines is 4. The molecule has 0 fully saturated rings. The fourth-order valence-corrected chi connectivity index (χ4v) is 2.70. The maximum atomic E-state index is 5.89. The van der Waals surface area contributed by atoms with Crippen LogP contribution >= 0.6 is 0 Å². The number of para-hydroxylation sites is 1. The summed E-state index contributed by atoms with van der Waals surface area (Å²) in [5, 5.41) is 3.27. The Labute approximate surface area is 162 Å². The highest BCUT2D eigenvalue weighted by molar-refractivity contribution is 5.74. The van der Waals surface area contributed by atoms with Gasteiger partial charge in [0.15, 0.2) is 0 Å². The van der Waals surface area contributed by atoms with Crippen LogP contribution in [0.3, 0.4) is 0 Å². The second-order valence-corrected chi connectivity index (χ2v) is 6.20. The molecule has 4 rings (SSSR count). The van der Waals surface area contributed by atoms with Gasteiger partial charge in [0, 0.05) is 17.3 Å². The first-order valence-corrected chi connectivity index (χ1v) is 8.75. The molecule has 28 heavy (non-hydrogen) atoms. The van der Waals surface area contributed by atoms with Crippen LogP contribution in [0.25, 0.3) is 11.3 Å². The summed E-state index contributed by atoms with van der Waals surface area (Å²) in [4.78, 5) is 8.60. The molecule has 0 saturated heterocycles. The lowest BCUT2D eigenvalue weighted by molar-refractivity contribution is 0.483. The predicted molar refractivity (Wildman–Crippen MR) is 113 cm³/mol. The van der Waals surface area contributed by atoms with Crippen molar-refractivity contribution in [3.8, 4) is 22.8 Å². The molecule has 0 aliphatic carbocycles. The summed E-state index contributed by atoms with van der Waals surface area (Å²) in [7, 11) is 0. The largest absolute Gasteiger partial charge is 0.457 e. The molecule has 1 aromatic heterocycles. The van der Waals surface area contributed by atoms with Crippen LogP contribution < -0.4 is 21.5 Å². The molecule has 0 radical (unpaired) electrons. The Bertz CT molecular complexity index is 1080. The molecule has 0 aliphatic heterocycles. The first kappa shape index (κ1) is 17.4. The van der Waals surface area contributed by atoms with Crippen LogP contribution in [0.2, 0.25) is 0 Å². The summed E-state index contributed by atoms with van der Waals surface area (Å²) < 4.78 is 5.81. The number of rotatable bonds is 5. The minimum atomic E-state index is 0.527. The smallest absolute Gasteiger partial charge is 0.134 e. The van der Waals surface area contributed by atoms with Crippen molar-refractivity contribution in [1.29, 1.82) is 0 Å². The van der Waals surface area contributed by atoms with Crippen LogP contribution in [0.15, 0.2) is 85.2 Å². The van der Waals surface area contributed by atoms with Crippen LogP contribution in [-0.2, 0) is 0 Å². The van der Waals surface area contributed by atoms with Gasteiger partial charge in [-0.25, -0.2) is 9.97 Å². The van der Waals surface area contributed by atoms with Crippen LogP contribution in [0.5, 0.6) is 11.5 Å². The number of hydrogen-bond acceptors (Lipinski definition) is 6. The normalized spacial score (nSPS) is 10.4. The van der Waals surface area contributed by atoms with Crippen molar-refractivity contribution >= 4 is 22.9 Å². The van der Waals surface area contributed by atoms with E-state index in [2.05, 4.69) is 15.3 Å². The Kier molecular flexibility index (Phi) is 4.76. The first-order valence-electron chi connectivity index (χ1n) is 8.75. The van der Waals surface area contributed by atoms with Crippen molar-refractivity contribution in [3.63, 3.8) is 0 Å². The van der Waals surface area contributed by atoms with Gasteiger partial charge in [0.05, 0.1) is 17.1 Å². The van der Waals surface area contributed by atoms with E-state index in [4.69, 9.17) is 16.2 Å². The van der Waals surface area contributed by atoms with Crippen molar-refractivity contribution in [3.05, 3.63) is 85.2 Å². The third kappa shape index (κ3) is 4.02. The average molecular weight is 369 g/mol. The average Bonchev–Trinajstić information content (AvgIpc) is 2.72. The van der Waals surface area contributed by atoms with Gasteiger partial charge in [-0.1, -0.05) is 24.3 Å². The first-order chi connectivity index (χ1) is 13.7. The number of nitrogens with one attached hydrogen (secondary N) is 1. The molecule has 4 aromatic rings. The van der Waals surface area contributed by atoms with Crippen molar-refractivity contribution in [2.24, 2.45) is 0 Å². The zero-order chi connectivity index (χ0) is 19.3. The Balaban J connectivity index is 1.49. The molecule has 0 saturated carbocycles. The minimum Gasteiger partial charge on any atom is -0.457 e. The fraction of sp³-hybridized carbons (Fsp3) is 0. The van der Waals surface area contributed by atoms with Gasteiger partial charge in [-0.05, 0) is 48.5 Å². The van der Waals surface area contributed by atoms with E-state index in [1.54, 1.807) is 12.1 Å². The van der Waals surface area contributed by atoms with E-state index >= 15 is 0 Å². The topological polar surface area (TPSA) is 99.1 Å². The molecular formula is C22H19N5O. The summed E-state index contributed by atoms with van der Waals surface area (Å²) in [6.45, 7) is 0. The Morgan fingerprint density at radius 3 is 2.21 bits per heavy atom. The van der Waals surface area contributed by atoms with Gasteiger partial charge in [-0.15, -0.1) is 0 Å². The van der Waals surface area contributed by atoms with E-state index in [9.17, 15) is 0 Å². The number of nitrogen functional groups attached to an aromatic ring is 2. The van der Waals surface area contributed by atoms with Crippen LogP contribution in [0.4, 0.5) is 22.9 Å². The molecule has 6 heteroatoms. The molecule has 5 N–H and O–H groups in total. The number of nitrogens with two attached hydrogens (primary N) is 2. The summed E-state index contributed by atoms with van der Waals surface area (Å²) in [6, 6.07) is 24.6. The number of ether oxygens (including phenoxy) is 1. The Morgan fingerprint density at radius 2 is 1.46 bits per heavy atom. The van der Waals surface area contributed by atoms with Crippen LogP contribution in [-0.4, -0.2) is 9.97 Å². The fourth-order valence-electron chi connectivity index (χ4n) is 2.70. The van der Waals surface area contributed by atoms with Crippen molar-refractivity contribution in [2.45, 2.75) is 0 Å².